The Labute approximate surface area is 114 Å². The van der Waals surface area contributed by atoms with Crippen LogP contribution in [0.5, 0.6) is 0 Å². The van der Waals surface area contributed by atoms with Gasteiger partial charge in [-0.2, -0.15) is 5.10 Å². The van der Waals surface area contributed by atoms with Gasteiger partial charge in [-0.1, -0.05) is 11.6 Å². The van der Waals surface area contributed by atoms with E-state index in [1.165, 1.54) is 10.9 Å². The van der Waals surface area contributed by atoms with E-state index in [2.05, 4.69) is 15.1 Å². The molecule has 0 N–H and O–H groups in total. The van der Waals surface area contributed by atoms with E-state index < -0.39 is 0 Å². The summed E-state index contributed by atoms with van der Waals surface area (Å²) >= 11 is 7.77. The number of aryl methyl sites for hydroxylation is 1. The van der Waals surface area contributed by atoms with Crippen LogP contribution in [0.2, 0.25) is 5.15 Å². The Bertz CT molecular complexity index is 762. The van der Waals surface area contributed by atoms with E-state index in [9.17, 15) is 4.79 Å². The Morgan fingerprint density at radius 3 is 2.94 bits per heavy atom. The molecule has 0 saturated heterocycles. The Morgan fingerprint density at radius 2 is 2.24 bits per heavy atom. The van der Waals surface area contributed by atoms with E-state index in [1.807, 2.05) is 0 Å². The fourth-order valence-corrected chi connectivity index (χ4v) is 2.61. The van der Waals surface area contributed by atoms with Gasteiger partial charge in [-0.3, -0.25) is 14.0 Å². The van der Waals surface area contributed by atoms with Gasteiger partial charge in [-0.05, 0) is 0 Å². The first-order chi connectivity index (χ1) is 8.11. The highest BCUT2D eigenvalue weighted by Gasteiger charge is 2.20. The van der Waals surface area contributed by atoms with Crippen molar-refractivity contribution in [3.8, 4) is 0 Å². The van der Waals surface area contributed by atoms with Crippen LogP contribution in [0.1, 0.15) is 0 Å². The minimum Gasteiger partial charge on any atom is -0.265 e. The van der Waals surface area contributed by atoms with Gasteiger partial charge in [0, 0.05) is 29.6 Å². The molecule has 0 bridgehead atoms. The molecule has 0 atom stereocenters. The number of halogens is 2. The molecule has 0 saturated carbocycles. The molecule has 3 heterocycles. The number of aromatic nitrogens is 5. The number of hydrogen-bond donors (Lipinski definition) is 0. The lowest BCUT2D eigenvalue weighted by atomic mass is 10.3. The minimum atomic E-state index is -0.162. The number of carbonyl (C=O) groups excluding carboxylic acids is 1. The SMILES string of the molecule is Cn1ncc2c1c1c(Cl)ncnc1n2C(=O)I. The number of hydrogen-bond acceptors (Lipinski definition) is 4. The third-order valence-corrected chi connectivity index (χ3v) is 3.33. The lowest BCUT2D eigenvalue weighted by Crippen LogP contribution is -2.01. The second-order valence-corrected chi connectivity index (χ2v) is 4.73. The zero-order valence-electron chi connectivity index (χ0n) is 8.55. The Balaban J connectivity index is 2.68. The van der Waals surface area contributed by atoms with Crippen LogP contribution >= 0.6 is 34.2 Å². The van der Waals surface area contributed by atoms with Crippen molar-refractivity contribution in [2.75, 3.05) is 0 Å². The molecule has 3 rings (SSSR count). The molecule has 86 valence electrons. The summed E-state index contributed by atoms with van der Waals surface area (Å²) in [4.78, 5) is 19.7. The zero-order chi connectivity index (χ0) is 12.2. The number of nitrogens with zero attached hydrogens (tertiary/aromatic N) is 5. The van der Waals surface area contributed by atoms with Crippen LogP contribution in [0.25, 0.3) is 22.1 Å². The van der Waals surface area contributed by atoms with Crippen molar-refractivity contribution in [2.24, 2.45) is 7.05 Å². The van der Waals surface area contributed by atoms with Gasteiger partial charge in [0.05, 0.1) is 22.6 Å². The molecule has 6 nitrogen and oxygen atoms in total. The molecule has 3 aromatic rings. The van der Waals surface area contributed by atoms with Gasteiger partial charge in [-0.25, -0.2) is 9.97 Å². The molecule has 0 aliphatic carbocycles. The molecular formula is C9H5ClIN5O. The van der Waals surface area contributed by atoms with Gasteiger partial charge in [0.2, 0.25) is 0 Å². The standard InChI is InChI=1S/C9H5ClIN5O/c1-15-6-4(2-14-15)16(9(11)17)8-5(6)7(10)12-3-13-8/h2-3H,1H3. The maximum Gasteiger partial charge on any atom is 0.293 e. The summed E-state index contributed by atoms with van der Waals surface area (Å²) in [5, 5.41) is 5.08. The summed E-state index contributed by atoms with van der Waals surface area (Å²) in [6, 6.07) is 0. The van der Waals surface area contributed by atoms with E-state index in [1.54, 1.807) is 40.5 Å². The van der Waals surface area contributed by atoms with Crippen LogP contribution in [-0.4, -0.2) is 28.2 Å². The van der Waals surface area contributed by atoms with E-state index >= 15 is 0 Å². The summed E-state index contributed by atoms with van der Waals surface area (Å²) < 4.78 is 2.97. The van der Waals surface area contributed by atoms with Gasteiger partial charge < -0.3 is 0 Å². The van der Waals surface area contributed by atoms with E-state index in [0.717, 1.165) is 5.52 Å². The quantitative estimate of drug-likeness (QED) is 0.350. The third-order valence-electron chi connectivity index (χ3n) is 2.57. The maximum absolute atomic E-state index is 11.7. The zero-order valence-corrected chi connectivity index (χ0v) is 11.5. The average molecular weight is 362 g/mol. The summed E-state index contributed by atoms with van der Waals surface area (Å²) in [5.74, 6) is 0. The number of carbonyl (C=O) groups is 1. The third kappa shape index (κ3) is 1.38. The van der Waals surface area contributed by atoms with Crippen LogP contribution < -0.4 is 0 Å². The molecule has 0 unspecified atom stereocenters. The van der Waals surface area contributed by atoms with Crippen molar-refractivity contribution in [1.82, 2.24) is 24.3 Å². The molecule has 0 aromatic carbocycles. The van der Waals surface area contributed by atoms with Crippen molar-refractivity contribution < 1.29 is 4.79 Å². The van der Waals surface area contributed by atoms with Gasteiger partial charge in [-0.15, -0.1) is 0 Å². The van der Waals surface area contributed by atoms with Gasteiger partial charge >= 0.3 is 0 Å². The highest BCUT2D eigenvalue weighted by atomic mass is 127. The summed E-state index contributed by atoms with van der Waals surface area (Å²) in [6.45, 7) is 0. The van der Waals surface area contributed by atoms with Crippen LogP contribution in [0.3, 0.4) is 0 Å². The largest absolute Gasteiger partial charge is 0.293 e. The lowest BCUT2D eigenvalue weighted by Gasteiger charge is -1.97. The van der Waals surface area contributed by atoms with Gasteiger partial charge in [0.1, 0.15) is 11.5 Å². The first-order valence-electron chi connectivity index (χ1n) is 4.63. The van der Waals surface area contributed by atoms with Crippen LogP contribution in [0.15, 0.2) is 12.5 Å². The number of rotatable bonds is 0. The average Bonchev–Trinajstić information content (AvgIpc) is 2.77. The first-order valence-corrected chi connectivity index (χ1v) is 6.09. The van der Waals surface area contributed by atoms with Crippen molar-refractivity contribution in [3.05, 3.63) is 17.7 Å². The lowest BCUT2D eigenvalue weighted by molar-refractivity contribution is 0.265. The molecule has 0 fully saturated rings. The fourth-order valence-electron chi connectivity index (χ4n) is 1.90. The summed E-state index contributed by atoms with van der Waals surface area (Å²) in [6.07, 6.45) is 2.96. The van der Waals surface area contributed by atoms with Crippen molar-refractivity contribution in [1.29, 1.82) is 0 Å². The van der Waals surface area contributed by atoms with Crippen LogP contribution in [0, 0.1) is 0 Å². The summed E-state index contributed by atoms with van der Waals surface area (Å²) in [7, 11) is 1.78. The van der Waals surface area contributed by atoms with Gasteiger partial charge in [0.25, 0.3) is 3.91 Å². The maximum atomic E-state index is 11.7. The van der Waals surface area contributed by atoms with Crippen molar-refractivity contribution >= 4 is 60.2 Å². The topological polar surface area (TPSA) is 65.6 Å². The van der Waals surface area contributed by atoms with Crippen molar-refractivity contribution in [3.63, 3.8) is 0 Å². The van der Waals surface area contributed by atoms with E-state index in [0.29, 0.717) is 21.7 Å². The van der Waals surface area contributed by atoms with E-state index in [4.69, 9.17) is 11.6 Å². The first kappa shape index (κ1) is 10.9. The monoisotopic (exact) mass is 361 g/mol. The molecule has 8 heteroatoms. The Hall–Kier alpha value is -1.22. The predicted molar refractivity (Wildman–Crippen MR) is 71.6 cm³/mol. The molecule has 0 radical (unpaired) electrons. The fraction of sp³-hybridized carbons (Fsp3) is 0.111. The molecule has 0 amide bonds. The molecule has 0 aliphatic heterocycles. The molecule has 0 aliphatic rings. The van der Waals surface area contributed by atoms with Crippen LogP contribution in [-0.2, 0) is 7.05 Å². The number of fused-ring (bicyclic) bond motifs is 3. The molecule has 3 aromatic heterocycles. The highest BCUT2D eigenvalue weighted by Crippen LogP contribution is 2.31. The molecule has 0 spiro atoms. The van der Waals surface area contributed by atoms with Crippen LogP contribution in [0.4, 0.5) is 4.79 Å². The normalized spacial score (nSPS) is 11.5. The second-order valence-electron chi connectivity index (χ2n) is 3.45. The highest BCUT2D eigenvalue weighted by molar-refractivity contribution is 14.1. The molecular weight excluding hydrogens is 356 g/mol. The Morgan fingerprint density at radius 1 is 1.47 bits per heavy atom. The molecule has 17 heavy (non-hydrogen) atoms. The predicted octanol–water partition coefficient (Wildman–Crippen LogP) is 2.37. The Kier molecular flexibility index (Phi) is 2.33. The minimum absolute atomic E-state index is 0.162. The van der Waals surface area contributed by atoms with Gasteiger partial charge in [0.15, 0.2) is 5.65 Å². The smallest absolute Gasteiger partial charge is 0.265 e. The summed E-state index contributed by atoms with van der Waals surface area (Å²) in [5.41, 5.74) is 1.95. The van der Waals surface area contributed by atoms with Crippen molar-refractivity contribution in [2.45, 2.75) is 0 Å². The van der Waals surface area contributed by atoms with E-state index in [-0.39, 0.29) is 3.91 Å². The second kappa shape index (κ2) is 3.64.